The van der Waals surface area contributed by atoms with Gasteiger partial charge >= 0.3 is 5.76 Å². The Balaban J connectivity index is 1.76. The van der Waals surface area contributed by atoms with Crippen LogP contribution in [0.15, 0.2) is 29.2 Å². The molecular formula is C14H18F2N2O2S. The van der Waals surface area contributed by atoms with E-state index in [0.717, 1.165) is 44.7 Å². The van der Waals surface area contributed by atoms with Gasteiger partial charge in [0.05, 0.1) is 4.90 Å². The van der Waals surface area contributed by atoms with Crippen LogP contribution in [0.2, 0.25) is 0 Å². The average Bonchev–Trinajstić information content (AvgIpc) is 3.10. The van der Waals surface area contributed by atoms with Gasteiger partial charge in [-0.3, -0.25) is 0 Å². The first-order valence-corrected chi connectivity index (χ1v) is 8.55. The van der Waals surface area contributed by atoms with Crippen LogP contribution in [0.25, 0.3) is 0 Å². The van der Waals surface area contributed by atoms with E-state index in [0.29, 0.717) is 5.41 Å². The number of alkyl halides is 2. The second-order valence-electron chi connectivity index (χ2n) is 5.90. The lowest BCUT2D eigenvalue weighted by molar-refractivity contribution is 0.234. The van der Waals surface area contributed by atoms with Crippen LogP contribution in [0.5, 0.6) is 0 Å². The molecule has 0 amide bonds. The molecule has 3 rings (SSSR count). The first-order chi connectivity index (χ1) is 9.93. The zero-order valence-corrected chi connectivity index (χ0v) is 12.4. The highest BCUT2D eigenvalue weighted by Gasteiger charge is 2.40. The Labute approximate surface area is 123 Å². The normalized spacial score (nSPS) is 26.1. The Morgan fingerprint density at radius 3 is 2.48 bits per heavy atom. The molecule has 2 heterocycles. The molecule has 116 valence electrons. The molecule has 1 unspecified atom stereocenters. The Bertz CT molecular complexity index is 610. The molecule has 2 aliphatic rings. The number of sulfone groups is 1. The second kappa shape index (κ2) is 5.21. The van der Waals surface area contributed by atoms with Crippen molar-refractivity contribution in [1.29, 1.82) is 0 Å². The largest absolute Gasteiger partial charge is 0.371 e. The van der Waals surface area contributed by atoms with Gasteiger partial charge in [0.2, 0.25) is 9.84 Å². The summed E-state index contributed by atoms with van der Waals surface area (Å²) in [4.78, 5) is 1.88. The third kappa shape index (κ3) is 2.64. The number of halogens is 2. The molecule has 0 saturated carbocycles. The van der Waals surface area contributed by atoms with Gasteiger partial charge < -0.3 is 10.2 Å². The maximum Gasteiger partial charge on any atom is 0.341 e. The first kappa shape index (κ1) is 14.7. The second-order valence-corrected chi connectivity index (χ2v) is 7.82. The number of nitrogens with zero attached hydrogens (tertiary/aromatic N) is 1. The first-order valence-electron chi connectivity index (χ1n) is 7.01. The summed E-state index contributed by atoms with van der Waals surface area (Å²) in [5, 5.41) is 3.38. The van der Waals surface area contributed by atoms with Crippen molar-refractivity contribution in [3.05, 3.63) is 24.3 Å². The van der Waals surface area contributed by atoms with Gasteiger partial charge in [-0.05, 0) is 43.7 Å². The minimum atomic E-state index is -4.50. The van der Waals surface area contributed by atoms with E-state index in [-0.39, 0.29) is 4.90 Å². The van der Waals surface area contributed by atoms with Crippen molar-refractivity contribution in [3.63, 3.8) is 0 Å². The number of hydrogen-bond acceptors (Lipinski definition) is 4. The van der Waals surface area contributed by atoms with E-state index >= 15 is 0 Å². The van der Waals surface area contributed by atoms with Crippen molar-refractivity contribution in [3.8, 4) is 0 Å². The highest BCUT2D eigenvalue weighted by atomic mass is 32.2. The Morgan fingerprint density at radius 2 is 1.90 bits per heavy atom. The minimum Gasteiger partial charge on any atom is -0.371 e. The van der Waals surface area contributed by atoms with E-state index < -0.39 is 15.6 Å². The fourth-order valence-electron chi connectivity index (χ4n) is 3.25. The van der Waals surface area contributed by atoms with Crippen molar-refractivity contribution < 1.29 is 17.2 Å². The SMILES string of the molecule is O=S(=O)(c1ccc(N2CCC3(CCNC3)C2)cc1)C(F)F. The van der Waals surface area contributed by atoms with Gasteiger partial charge in [-0.25, -0.2) is 8.42 Å². The van der Waals surface area contributed by atoms with Gasteiger partial charge in [0.1, 0.15) is 0 Å². The molecular weight excluding hydrogens is 298 g/mol. The zero-order chi connectivity index (χ0) is 15.1. The minimum absolute atomic E-state index is 0.313. The summed E-state index contributed by atoms with van der Waals surface area (Å²) in [6, 6.07) is 5.79. The standard InChI is InChI=1S/C14H18F2N2O2S/c15-13(16)21(19,20)12-3-1-11(2-4-12)18-8-6-14(10-18)5-7-17-9-14/h1-4,13,17H,5-10H2. The van der Waals surface area contributed by atoms with E-state index in [1.54, 1.807) is 12.1 Å². The van der Waals surface area contributed by atoms with Crippen LogP contribution in [-0.2, 0) is 9.84 Å². The summed E-state index contributed by atoms with van der Waals surface area (Å²) in [7, 11) is -4.50. The topological polar surface area (TPSA) is 49.4 Å². The van der Waals surface area contributed by atoms with Crippen LogP contribution in [-0.4, -0.2) is 40.4 Å². The monoisotopic (exact) mass is 316 g/mol. The molecule has 1 aromatic rings. The summed E-state index contributed by atoms with van der Waals surface area (Å²) in [5.74, 6) is -3.37. The van der Waals surface area contributed by atoms with Crippen LogP contribution < -0.4 is 10.2 Å². The average molecular weight is 316 g/mol. The molecule has 1 aromatic carbocycles. The van der Waals surface area contributed by atoms with Gasteiger partial charge in [0, 0.05) is 30.7 Å². The van der Waals surface area contributed by atoms with Crippen molar-refractivity contribution >= 4 is 15.5 Å². The number of rotatable bonds is 3. The highest BCUT2D eigenvalue weighted by molar-refractivity contribution is 7.91. The van der Waals surface area contributed by atoms with Gasteiger partial charge in [-0.1, -0.05) is 0 Å². The maximum absolute atomic E-state index is 12.5. The Hall–Kier alpha value is -1.21. The zero-order valence-electron chi connectivity index (χ0n) is 11.6. The van der Waals surface area contributed by atoms with Crippen LogP contribution >= 0.6 is 0 Å². The Morgan fingerprint density at radius 1 is 1.19 bits per heavy atom. The molecule has 0 aliphatic carbocycles. The van der Waals surface area contributed by atoms with Crippen LogP contribution in [0.3, 0.4) is 0 Å². The summed E-state index contributed by atoms with van der Waals surface area (Å²) in [6.07, 6.45) is 2.26. The molecule has 1 N–H and O–H groups in total. The molecule has 4 nitrogen and oxygen atoms in total. The molecule has 2 fully saturated rings. The van der Waals surface area contributed by atoms with E-state index in [9.17, 15) is 17.2 Å². The van der Waals surface area contributed by atoms with E-state index in [4.69, 9.17) is 0 Å². The van der Waals surface area contributed by atoms with Crippen LogP contribution in [0.1, 0.15) is 12.8 Å². The number of hydrogen-bond donors (Lipinski definition) is 1. The number of benzene rings is 1. The molecule has 0 aromatic heterocycles. The summed E-state index contributed by atoms with van der Waals surface area (Å²) in [6.45, 7) is 3.91. The molecule has 7 heteroatoms. The predicted octanol–water partition coefficient (Wildman–Crippen LogP) is 1.87. The summed E-state index contributed by atoms with van der Waals surface area (Å²) < 4.78 is 47.8. The lowest BCUT2D eigenvalue weighted by Crippen LogP contribution is -2.29. The van der Waals surface area contributed by atoms with E-state index in [2.05, 4.69) is 10.2 Å². The molecule has 0 bridgehead atoms. The summed E-state index contributed by atoms with van der Waals surface area (Å²) >= 11 is 0. The van der Waals surface area contributed by atoms with Crippen molar-refractivity contribution in [2.45, 2.75) is 23.5 Å². The van der Waals surface area contributed by atoms with Gasteiger partial charge in [-0.2, -0.15) is 8.78 Å². The quantitative estimate of drug-likeness (QED) is 0.925. The van der Waals surface area contributed by atoms with Crippen LogP contribution in [0.4, 0.5) is 14.5 Å². The fraction of sp³-hybridized carbons (Fsp3) is 0.571. The number of anilines is 1. The predicted molar refractivity (Wildman–Crippen MR) is 76.4 cm³/mol. The van der Waals surface area contributed by atoms with Gasteiger partial charge in [0.25, 0.3) is 0 Å². The third-order valence-electron chi connectivity index (χ3n) is 4.54. The highest BCUT2D eigenvalue weighted by Crippen LogP contribution is 2.38. The van der Waals surface area contributed by atoms with E-state index in [1.165, 1.54) is 12.1 Å². The van der Waals surface area contributed by atoms with E-state index in [1.807, 2.05) is 0 Å². The third-order valence-corrected chi connectivity index (χ3v) is 5.93. The van der Waals surface area contributed by atoms with Crippen molar-refractivity contribution in [1.82, 2.24) is 5.32 Å². The molecule has 21 heavy (non-hydrogen) atoms. The molecule has 0 radical (unpaired) electrons. The molecule has 1 spiro atoms. The molecule has 2 saturated heterocycles. The number of nitrogens with one attached hydrogen (secondary N) is 1. The molecule has 1 atom stereocenters. The Kier molecular flexibility index (Phi) is 3.65. The molecule has 2 aliphatic heterocycles. The summed E-state index contributed by atoms with van der Waals surface area (Å²) in [5.41, 5.74) is 1.21. The lowest BCUT2D eigenvalue weighted by atomic mass is 9.86. The van der Waals surface area contributed by atoms with Gasteiger partial charge in [0.15, 0.2) is 0 Å². The fourth-order valence-corrected chi connectivity index (χ4v) is 3.97. The van der Waals surface area contributed by atoms with Crippen LogP contribution in [0, 0.1) is 5.41 Å². The van der Waals surface area contributed by atoms with Crippen molar-refractivity contribution in [2.75, 3.05) is 31.1 Å². The maximum atomic E-state index is 12.5. The van der Waals surface area contributed by atoms with Crippen molar-refractivity contribution in [2.24, 2.45) is 5.41 Å². The smallest absolute Gasteiger partial charge is 0.341 e. The lowest BCUT2D eigenvalue weighted by Gasteiger charge is -2.24. The van der Waals surface area contributed by atoms with Gasteiger partial charge in [-0.15, -0.1) is 0 Å².